The van der Waals surface area contributed by atoms with Crippen LogP contribution in [0.15, 0.2) is 53.7 Å². The molecule has 0 heterocycles. The zero-order valence-electron chi connectivity index (χ0n) is 14.3. The molecule has 134 valence electrons. The Labute approximate surface area is 156 Å². The van der Waals surface area contributed by atoms with E-state index in [9.17, 15) is 15.2 Å². The van der Waals surface area contributed by atoms with Crippen LogP contribution in [0.2, 0.25) is 0 Å². The molecule has 0 aliphatic rings. The van der Waals surface area contributed by atoms with Gasteiger partial charge < -0.3 is 15.3 Å². The van der Waals surface area contributed by atoms with Crippen molar-refractivity contribution in [3.05, 3.63) is 70.0 Å². The predicted octanol–water partition coefficient (Wildman–Crippen LogP) is 4.13. The van der Waals surface area contributed by atoms with Gasteiger partial charge in [0.05, 0.1) is 23.1 Å². The van der Waals surface area contributed by atoms with Crippen LogP contribution in [0.1, 0.15) is 11.1 Å². The first-order valence-electron chi connectivity index (χ1n) is 7.63. The van der Waals surface area contributed by atoms with Gasteiger partial charge in [-0.25, -0.2) is 4.99 Å². The van der Waals surface area contributed by atoms with E-state index in [4.69, 9.17) is 12.2 Å². The van der Waals surface area contributed by atoms with Crippen LogP contribution >= 0.6 is 12.2 Å². The van der Waals surface area contributed by atoms with Crippen LogP contribution in [0, 0.1) is 10.1 Å². The number of para-hydroxylation sites is 1. The number of nitrogens with one attached hydrogen (secondary N) is 1. The number of rotatable bonds is 6. The number of nitro benzene ring substituents is 1. The van der Waals surface area contributed by atoms with Crippen molar-refractivity contribution in [2.75, 3.05) is 19.4 Å². The summed E-state index contributed by atoms with van der Waals surface area (Å²) in [7, 11) is 3.58. The summed E-state index contributed by atoms with van der Waals surface area (Å²) < 4.78 is 0. The summed E-state index contributed by atoms with van der Waals surface area (Å²) in [5.41, 5.74) is 1.71. The molecule has 8 heteroatoms. The summed E-state index contributed by atoms with van der Waals surface area (Å²) in [6.07, 6.45) is 3.50. The lowest BCUT2D eigenvalue weighted by Crippen LogP contribution is -2.11. The van der Waals surface area contributed by atoms with Gasteiger partial charge in [-0.2, -0.15) is 0 Å². The predicted molar refractivity (Wildman–Crippen MR) is 108 cm³/mol. The fourth-order valence-corrected chi connectivity index (χ4v) is 2.52. The Hall–Kier alpha value is -3.26. The summed E-state index contributed by atoms with van der Waals surface area (Å²) in [5, 5.41) is 23.8. The first-order valence-corrected chi connectivity index (χ1v) is 8.04. The lowest BCUT2D eigenvalue weighted by atomic mass is 10.0. The second kappa shape index (κ2) is 8.72. The van der Waals surface area contributed by atoms with Crippen molar-refractivity contribution < 1.29 is 10.0 Å². The molecule has 26 heavy (non-hydrogen) atoms. The normalized spacial score (nSPS) is 11.0. The van der Waals surface area contributed by atoms with E-state index in [0.29, 0.717) is 11.3 Å². The lowest BCUT2D eigenvalue weighted by molar-refractivity contribution is -0.385. The van der Waals surface area contributed by atoms with Gasteiger partial charge in [-0.15, -0.1) is 0 Å². The molecule has 7 nitrogen and oxygen atoms in total. The summed E-state index contributed by atoms with van der Waals surface area (Å²) in [4.78, 5) is 16.9. The molecule has 0 saturated heterocycles. The monoisotopic (exact) mass is 370 g/mol. The fourth-order valence-electron chi connectivity index (χ4n) is 2.26. The van der Waals surface area contributed by atoms with E-state index in [1.807, 2.05) is 30.3 Å². The Kier molecular flexibility index (Phi) is 6.40. The number of aliphatic imine (C=N–C) groups is 1. The van der Waals surface area contributed by atoms with E-state index < -0.39 is 4.92 Å². The van der Waals surface area contributed by atoms with Crippen molar-refractivity contribution >= 4 is 46.7 Å². The van der Waals surface area contributed by atoms with Gasteiger partial charge in [-0.3, -0.25) is 10.1 Å². The van der Waals surface area contributed by atoms with Crippen molar-refractivity contribution in [1.29, 1.82) is 0 Å². The van der Waals surface area contributed by atoms with Crippen molar-refractivity contribution in [1.82, 2.24) is 4.90 Å². The van der Waals surface area contributed by atoms with Gasteiger partial charge in [0.25, 0.3) is 5.69 Å². The molecule has 0 atom stereocenters. The zero-order chi connectivity index (χ0) is 19.1. The van der Waals surface area contributed by atoms with Crippen LogP contribution in [0.5, 0.6) is 0 Å². The minimum Gasteiger partial charge on any atom is -0.516 e. The number of nitro groups is 1. The molecule has 2 aromatic rings. The highest BCUT2D eigenvalue weighted by Gasteiger charge is 2.22. The molecule has 0 aromatic heterocycles. The molecular weight excluding hydrogens is 352 g/mol. The standard InChI is InChI=1S/C18H18N4O3S/c1-21(2)12-19-18(26)17-14(10-11-23)16(22(24)25)9-8-15(17)20-13-6-4-3-5-7-13/h3-12,20,23H,1-2H3. The Morgan fingerprint density at radius 2 is 1.96 bits per heavy atom. The Bertz CT molecular complexity index is 864. The van der Waals surface area contributed by atoms with Crippen molar-refractivity contribution in [3.63, 3.8) is 0 Å². The quantitative estimate of drug-likeness (QED) is 0.198. The maximum Gasteiger partial charge on any atom is 0.277 e. The molecule has 2 N–H and O–H groups in total. The van der Waals surface area contributed by atoms with E-state index in [1.165, 1.54) is 18.5 Å². The zero-order valence-corrected chi connectivity index (χ0v) is 15.1. The summed E-state index contributed by atoms with van der Waals surface area (Å²) in [5.74, 6) is 0. The Morgan fingerprint density at radius 3 is 2.54 bits per heavy atom. The van der Waals surface area contributed by atoms with Crippen molar-refractivity contribution in [2.45, 2.75) is 0 Å². The van der Waals surface area contributed by atoms with Crippen molar-refractivity contribution in [2.24, 2.45) is 4.99 Å². The Balaban J connectivity index is 2.64. The van der Waals surface area contributed by atoms with E-state index in [2.05, 4.69) is 10.3 Å². The van der Waals surface area contributed by atoms with Gasteiger partial charge >= 0.3 is 0 Å². The number of nitrogens with zero attached hydrogens (tertiary/aromatic N) is 3. The number of benzene rings is 2. The molecule has 0 saturated carbocycles. The van der Waals surface area contributed by atoms with Gasteiger partial charge in [0.2, 0.25) is 0 Å². The van der Waals surface area contributed by atoms with Crippen LogP contribution < -0.4 is 5.32 Å². The first kappa shape index (κ1) is 19.1. The summed E-state index contributed by atoms with van der Waals surface area (Å²) in [6, 6.07) is 12.3. The molecule has 2 aromatic carbocycles. The SMILES string of the molecule is CN(C)C=NC(=S)c1c(Nc2ccccc2)ccc([N+](=O)[O-])c1C=CO. The van der Waals surface area contributed by atoms with E-state index in [1.54, 1.807) is 25.1 Å². The summed E-state index contributed by atoms with van der Waals surface area (Å²) >= 11 is 5.39. The van der Waals surface area contributed by atoms with Gasteiger partial charge in [0.1, 0.15) is 4.99 Å². The number of aliphatic hydroxyl groups is 1. The number of aliphatic hydroxyl groups excluding tert-OH is 1. The topological polar surface area (TPSA) is 91.0 Å². The molecule has 0 radical (unpaired) electrons. The maximum absolute atomic E-state index is 11.4. The molecule has 0 fully saturated rings. The average Bonchev–Trinajstić information content (AvgIpc) is 2.61. The van der Waals surface area contributed by atoms with Gasteiger partial charge in [0.15, 0.2) is 0 Å². The van der Waals surface area contributed by atoms with E-state index in [0.717, 1.165) is 11.9 Å². The fraction of sp³-hybridized carbons (Fsp3) is 0.111. The molecule has 0 aliphatic carbocycles. The molecule has 0 spiro atoms. The lowest BCUT2D eigenvalue weighted by Gasteiger charge is -2.14. The largest absolute Gasteiger partial charge is 0.516 e. The second-order valence-corrected chi connectivity index (χ2v) is 5.88. The minimum atomic E-state index is -0.524. The number of anilines is 2. The molecule has 0 amide bonds. The van der Waals surface area contributed by atoms with Gasteiger partial charge in [0, 0.05) is 37.1 Å². The van der Waals surface area contributed by atoms with Crippen molar-refractivity contribution in [3.8, 4) is 0 Å². The number of hydrogen-bond donors (Lipinski definition) is 2. The van der Waals surface area contributed by atoms with E-state index >= 15 is 0 Å². The van der Waals surface area contributed by atoms with Crippen LogP contribution in [0.25, 0.3) is 6.08 Å². The molecule has 0 unspecified atom stereocenters. The third-order valence-electron chi connectivity index (χ3n) is 3.33. The van der Waals surface area contributed by atoms with Crippen LogP contribution in [-0.2, 0) is 0 Å². The maximum atomic E-state index is 11.4. The van der Waals surface area contributed by atoms with Crippen LogP contribution in [0.3, 0.4) is 0 Å². The number of thiocarbonyl (C=S) groups is 1. The molecule has 0 aliphatic heterocycles. The smallest absolute Gasteiger partial charge is 0.277 e. The highest BCUT2D eigenvalue weighted by Crippen LogP contribution is 2.33. The molecular formula is C18H18N4O3S. The number of hydrogen-bond acceptors (Lipinski definition) is 5. The highest BCUT2D eigenvalue weighted by molar-refractivity contribution is 7.80. The first-order chi connectivity index (χ1) is 12.4. The van der Waals surface area contributed by atoms with E-state index in [-0.39, 0.29) is 16.2 Å². The minimum absolute atomic E-state index is 0.161. The average molecular weight is 370 g/mol. The third kappa shape index (κ3) is 4.64. The van der Waals surface area contributed by atoms with Gasteiger partial charge in [-0.05, 0) is 24.3 Å². The Morgan fingerprint density at radius 1 is 1.27 bits per heavy atom. The highest BCUT2D eigenvalue weighted by atomic mass is 32.1. The van der Waals surface area contributed by atoms with Crippen LogP contribution in [0.4, 0.5) is 17.1 Å². The second-order valence-electron chi connectivity index (χ2n) is 5.50. The van der Waals surface area contributed by atoms with Gasteiger partial charge in [-0.1, -0.05) is 30.4 Å². The molecule has 0 bridgehead atoms. The van der Waals surface area contributed by atoms with Crippen LogP contribution in [-0.4, -0.2) is 40.4 Å². The third-order valence-corrected chi connectivity index (χ3v) is 3.64. The summed E-state index contributed by atoms with van der Waals surface area (Å²) in [6.45, 7) is 0. The molecule has 2 rings (SSSR count).